The summed E-state index contributed by atoms with van der Waals surface area (Å²) >= 11 is 9.10. The van der Waals surface area contributed by atoms with Crippen LogP contribution in [-0.4, -0.2) is 46.0 Å². The fourth-order valence-corrected chi connectivity index (χ4v) is 4.23. The van der Waals surface area contributed by atoms with Gasteiger partial charge in [-0.05, 0) is 35.0 Å². The SMILES string of the molecule is CCN(CCOC)C(=O)c1cc(S(=O)(=O)Cl)c(Br)cc1Cl. The van der Waals surface area contributed by atoms with Crippen LogP contribution in [0.1, 0.15) is 17.3 Å². The van der Waals surface area contributed by atoms with E-state index in [-0.39, 0.29) is 25.9 Å². The number of carbonyl (C=O) groups excluding carboxylic acids is 1. The molecule has 0 fully saturated rings. The molecule has 1 rings (SSSR count). The maximum Gasteiger partial charge on any atom is 0.262 e. The van der Waals surface area contributed by atoms with Gasteiger partial charge in [0.25, 0.3) is 15.0 Å². The van der Waals surface area contributed by atoms with Crippen molar-refractivity contribution in [1.82, 2.24) is 4.90 Å². The Morgan fingerprint density at radius 3 is 2.52 bits per heavy atom. The first-order valence-electron chi connectivity index (χ1n) is 5.94. The van der Waals surface area contributed by atoms with Crippen LogP contribution in [0.15, 0.2) is 21.5 Å². The van der Waals surface area contributed by atoms with Gasteiger partial charge in [0.2, 0.25) is 0 Å². The molecule has 1 aromatic carbocycles. The molecule has 0 saturated heterocycles. The summed E-state index contributed by atoms with van der Waals surface area (Å²) in [6.45, 7) is 2.99. The number of nitrogens with zero attached hydrogens (tertiary/aromatic N) is 1. The lowest BCUT2D eigenvalue weighted by Crippen LogP contribution is -2.34. The monoisotopic (exact) mass is 417 g/mol. The molecular weight excluding hydrogens is 405 g/mol. The zero-order valence-corrected chi connectivity index (χ0v) is 15.3. The summed E-state index contributed by atoms with van der Waals surface area (Å²) in [5, 5.41) is 0.145. The summed E-state index contributed by atoms with van der Waals surface area (Å²) < 4.78 is 28.1. The highest BCUT2D eigenvalue weighted by molar-refractivity contribution is 9.10. The molecule has 0 spiro atoms. The highest BCUT2D eigenvalue weighted by Gasteiger charge is 2.23. The molecule has 0 aromatic heterocycles. The van der Waals surface area contributed by atoms with E-state index in [9.17, 15) is 13.2 Å². The molecule has 0 radical (unpaired) electrons. The smallest absolute Gasteiger partial charge is 0.262 e. The van der Waals surface area contributed by atoms with Gasteiger partial charge in [-0.1, -0.05) is 11.6 Å². The molecule has 9 heteroatoms. The van der Waals surface area contributed by atoms with E-state index in [0.29, 0.717) is 19.7 Å². The van der Waals surface area contributed by atoms with Gasteiger partial charge in [0, 0.05) is 35.4 Å². The number of benzene rings is 1. The molecule has 21 heavy (non-hydrogen) atoms. The van der Waals surface area contributed by atoms with Crippen LogP contribution in [0.3, 0.4) is 0 Å². The predicted molar refractivity (Wildman–Crippen MR) is 85.6 cm³/mol. The standard InChI is InChI=1S/C12H14BrCl2NO4S/c1-3-16(4-5-20-2)12(17)8-6-11(21(15,18)19)9(13)7-10(8)14/h6-7H,3-5H2,1-2H3. The van der Waals surface area contributed by atoms with Gasteiger partial charge >= 0.3 is 0 Å². The van der Waals surface area contributed by atoms with Crippen molar-refractivity contribution in [2.75, 3.05) is 26.8 Å². The molecule has 0 heterocycles. The van der Waals surface area contributed by atoms with Crippen molar-refractivity contribution >= 4 is 53.2 Å². The maximum absolute atomic E-state index is 12.4. The lowest BCUT2D eigenvalue weighted by atomic mass is 10.2. The first-order valence-corrected chi connectivity index (χ1v) is 9.42. The number of hydrogen-bond acceptors (Lipinski definition) is 4. The highest BCUT2D eigenvalue weighted by atomic mass is 79.9. The molecule has 5 nitrogen and oxygen atoms in total. The zero-order chi connectivity index (χ0) is 16.2. The van der Waals surface area contributed by atoms with Crippen LogP contribution in [0.4, 0.5) is 0 Å². The van der Waals surface area contributed by atoms with Gasteiger partial charge in [-0.25, -0.2) is 8.42 Å². The average Bonchev–Trinajstić information content (AvgIpc) is 2.37. The number of ether oxygens (including phenoxy) is 1. The summed E-state index contributed by atoms with van der Waals surface area (Å²) in [4.78, 5) is 13.7. The summed E-state index contributed by atoms with van der Waals surface area (Å²) in [5.74, 6) is -0.381. The predicted octanol–water partition coefficient (Wildman–Crippen LogP) is 3.14. The second-order valence-corrected chi connectivity index (χ2v) is 7.87. The highest BCUT2D eigenvalue weighted by Crippen LogP contribution is 2.31. The number of likely N-dealkylation sites (N-methyl/N-ethyl adjacent to an activating group) is 1. The molecule has 0 unspecified atom stereocenters. The summed E-state index contributed by atoms with van der Waals surface area (Å²) in [6.07, 6.45) is 0. The van der Waals surface area contributed by atoms with E-state index in [2.05, 4.69) is 15.9 Å². The lowest BCUT2D eigenvalue weighted by Gasteiger charge is -2.21. The van der Waals surface area contributed by atoms with E-state index in [1.165, 1.54) is 24.1 Å². The molecule has 0 saturated carbocycles. The van der Waals surface area contributed by atoms with Crippen molar-refractivity contribution in [3.63, 3.8) is 0 Å². The minimum atomic E-state index is -3.98. The summed E-state index contributed by atoms with van der Waals surface area (Å²) in [7, 11) is 2.89. The van der Waals surface area contributed by atoms with Crippen molar-refractivity contribution in [2.45, 2.75) is 11.8 Å². The van der Waals surface area contributed by atoms with E-state index in [1.807, 2.05) is 0 Å². The Labute approximate surface area is 141 Å². The van der Waals surface area contributed by atoms with Crippen LogP contribution >= 0.6 is 38.2 Å². The Kier molecular flexibility index (Phi) is 6.93. The third kappa shape index (κ3) is 4.82. The molecular formula is C12H14BrCl2NO4S. The van der Waals surface area contributed by atoms with Crippen molar-refractivity contribution in [3.05, 3.63) is 27.2 Å². The minimum absolute atomic E-state index is 0.0806. The average molecular weight is 419 g/mol. The van der Waals surface area contributed by atoms with Gasteiger partial charge in [-0.2, -0.15) is 0 Å². The number of rotatable bonds is 6. The normalized spacial score (nSPS) is 11.5. The van der Waals surface area contributed by atoms with Gasteiger partial charge < -0.3 is 9.64 Å². The Morgan fingerprint density at radius 1 is 1.43 bits per heavy atom. The largest absolute Gasteiger partial charge is 0.383 e. The molecule has 118 valence electrons. The van der Waals surface area contributed by atoms with Crippen LogP contribution in [0.25, 0.3) is 0 Å². The molecule has 0 atom stereocenters. The topological polar surface area (TPSA) is 63.7 Å². The molecule has 0 N–H and O–H groups in total. The first kappa shape index (κ1) is 18.7. The molecule has 1 amide bonds. The number of carbonyl (C=O) groups is 1. The molecule has 1 aromatic rings. The van der Waals surface area contributed by atoms with Crippen molar-refractivity contribution < 1.29 is 17.9 Å². The van der Waals surface area contributed by atoms with Crippen molar-refractivity contribution in [1.29, 1.82) is 0 Å². The van der Waals surface area contributed by atoms with Crippen molar-refractivity contribution in [2.24, 2.45) is 0 Å². The third-order valence-corrected chi connectivity index (χ3v) is 5.34. The summed E-state index contributed by atoms with van der Waals surface area (Å²) in [6, 6.07) is 2.51. The fraction of sp³-hybridized carbons (Fsp3) is 0.417. The van der Waals surface area contributed by atoms with E-state index in [0.717, 1.165) is 0 Å². The van der Waals surface area contributed by atoms with Crippen LogP contribution in [0.2, 0.25) is 5.02 Å². The minimum Gasteiger partial charge on any atom is -0.383 e. The molecule has 0 bridgehead atoms. The quantitative estimate of drug-likeness (QED) is 0.665. The summed E-state index contributed by atoms with van der Waals surface area (Å²) in [5.41, 5.74) is 0.0806. The zero-order valence-electron chi connectivity index (χ0n) is 11.4. The van der Waals surface area contributed by atoms with Gasteiger partial charge in [0.05, 0.1) is 22.1 Å². The van der Waals surface area contributed by atoms with E-state index < -0.39 is 9.05 Å². The van der Waals surface area contributed by atoms with Gasteiger partial charge in [0.15, 0.2) is 0 Å². The van der Waals surface area contributed by atoms with E-state index >= 15 is 0 Å². The lowest BCUT2D eigenvalue weighted by molar-refractivity contribution is 0.0706. The maximum atomic E-state index is 12.4. The Hall–Kier alpha value is -0.340. The fourth-order valence-electron chi connectivity index (χ4n) is 1.65. The third-order valence-electron chi connectivity index (χ3n) is 2.75. The first-order chi connectivity index (χ1) is 9.72. The molecule has 0 aliphatic rings. The van der Waals surface area contributed by atoms with E-state index in [1.54, 1.807) is 6.92 Å². The number of halogens is 3. The van der Waals surface area contributed by atoms with Gasteiger partial charge in [-0.3, -0.25) is 4.79 Å². The Bertz CT molecular complexity index is 636. The Balaban J connectivity index is 3.26. The Morgan fingerprint density at radius 2 is 2.05 bits per heavy atom. The second kappa shape index (κ2) is 7.78. The van der Waals surface area contributed by atoms with Gasteiger partial charge in [0.1, 0.15) is 0 Å². The van der Waals surface area contributed by atoms with Gasteiger partial charge in [-0.15, -0.1) is 0 Å². The number of methoxy groups -OCH3 is 1. The molecule has 0 aliphatic heterocycles. The van der Waals surface area contributed by atoms with E-state index in [4.69, 9.17) is 27.0 Å². The van der Waals surface area contributed by atoms with Crippen LogP contribution < -0.4 is 0 Å². The number of hydrogen-bond donors (Lipinski definition) is 0. The van der Waals surface area contributed by atoms with Crippen molar-refractivity contribution in [3.8, 4) is 0 Å². The van der Waals surface area contributed by atoms with Crippen LogP contribution in [-0.2, 0) is 13.8 Å². The van der Waals surface area contributed by atoms with Crippen LogP contribution in [0, 0.1) is 0 Å². The second-order valence-electron chi connectivity index (χ2n) is 4.08. The number of amides is 1. The molecule has 0 aliphatic carbocycles. The van der Waals surface area contributed by atoms with Crippen LogP contribution in [0.5, 0.6) is 0 Å².